The van der Waals surface area contributed by atoms with Crippen LogP contribution in [0.1, 0.15) is 5.56 Å². The van der Waals surface area contributed by atoms with E-state index in [4.69, 9.17) is 16.3 Å². The van der Waals surface area contributed by atoms with E-state index in [9.17, 15) is 13.2 Å². The minimum Gasteiger partial charge on any atom is -0.378 e. The van der Waals surface area contributed by atoms with Crippen molar-refractivity contribution in [2.75, 3.05) is 42.1 Å². The fourth-order valence-electron chi connectivity index (χ4n) is 3.68. The highest BCUT2D eigenvalue weighted by atomic mass is 35.5. The van der Waals surface area contributed by atoms with Crippen molar-refractivity contribution in [3.63, 3.8) is 0 Å². The molecule has 1 fully saturated rings. The number of carbonyl (C=O) groups excluding carboxylic acids is 1. The Morgan fingerprint density at radius 2 is 1.59 bits per heavy atom. The molecule has 7 nitrogen and oxygen atoms in total. The molecule has 1 N–H and O–H groups in total. The molecule has 1 aliphatic rings. The smallest absolute Gasteiger partial charge is 0.264 e. The summed E-state index contributed by atoms with van der Waals surface area (Å²) in [6.07, 6.45) is 0. The van der Waals surface area contributed by atoms with Crippen molar-refractivity contribution >= 4 is 38.9 Å². The molecule has 0 aliphatic carbocycles. The minimum absolute atomic E-state index is 0.108. The molecular formula is C25H26ClN3O4S. The number of carbonyl (C=O) groups is 1. The van der Waals surface area contributed by atoms with E-state index in [0.29, 0.717) is 30.5 Å². The second kappa shape index (κ2) is 10.9. The quantitative estimate of drug-likeness (QED) is 0.511. The zero-order valence-corrected chi connectivity index (χ0v) is 20.1. The lowest BCUT2D eigenvalue weighted by atomic mass is 10.2. The van der Waals surface area contributed by atoms with E-state index < -0.39 is 15.9 Å². The zero-order valence-electron chi connectivity index (χ0n) is 18.6. The first-order chi connectivity index (χ1) is 16.4. The molecule has 0 radical (unpaired) electrons. The minimum atomic E-state index is -3.95. The summed E-state index contributed by atoms with van der Waals surface area (Å²) < 4.78 is 33.1. The van der Waals surface area contributed by atoms with Crippen LogP contribution in [0.4, 0.5) is 11.4 Å². The maximum absolute atomic E-state index is 13.3. The SMILES string of the molecule is O=C(CN(c1ccc(Cl)cc1)S(=O)(=O)c1ccccc1)NCc1ccc(N2CCOCC2)cc1. The second-order valence-corrected chi connectivity index (χ2v) is 10.1. The second-order valence-electron chi connectivity index (χ2n) is 7.84. The molecular weight excluding hydrogens is 474 g/mol. The first kappa shape index (κ1) is 24.1. The van der Waals surface area contributed by atoms with E-state index >= 15 is 0 Å². The third kappa shape index (κ3) is 5.88. The number of halogens is 1. The Labute approximate surface area is 205 Å². The Balaban J connectivity index is 1.45. The van der Waals surface area contributed by atoms with Gasteiger partial charge in [-0.15, -0.1) is 0 Å². The van der Waals surface area contributed by atoms with Crippen LogP contribution in [-0.4, -0.2) is 47.2 Å². The van der Waals surface area contributed by atoms with Gasteiger partial charge >= 0.3 is 0 Å². The molecule has 1 heterocycles. The third-order valence-corrected chi connectivity index (χ3v) is 7.58. The van der Waals surface area contributed by atoms with E-state index in [1.54, 1.807) is 42.5 Å². The molecule has 0 spiro atoms. The number of nitrogens with zero attached hydrogens (tertiary/aromatic N) is 2. The Hall–Kier alpha value is -3.07. The Kier molecular flexibility index (Phi) is 7.72. The summed E-state index contributed by atoms with van der Waals surface area (Å²) in [7, 11) is -3.95. The van der Waals surface area contributed by atoms with E-state index in [-0.39, 0.29) is 11.4 Å². The van der Waals surface area contributed by atoms with Crippen LogP contribution in [0.15, 0.2) is 83.8 Å². The number of sulfonamides is 1. The molecule has 4 rings (SSSR count). The van der Waals surface area contributed by atoms with Crippen molar-refractivity contribution in [3.05, 3.63) is 89.4 Å². The van der Waals surface area contributed by atoms with Crippen LogP contribution < -0.4 is 14.5 Å². The van der Waals surface area contributed by atoms with E-state index in [1.807, 2.05) is 24.3 Å². The molecule has 178 valence electrons. The highest BCUT2D eigenvalue weighted by Gasteiger charge is 2.27. The number of nitrogens with one attached hydrogen (secondary N) is 1. The van der Waals surface area contributed by atoms with E-state index in [2.05, 4.69) is 10.2 Å². The zero-order chi connectivity index (χ0) is 24.0. The topological polar surface area (TPSA) is 79.0 Å². The summed E-state index contributed by atoms with van der Waals surface area (Å²) in [5.41, 5.74) is 2.40. The van der Waals surface area contributed by atoms with Crippen molar-refractivity contribution in [3.8, 4) is 0 Å². The van der Waals surface area contributed by atoms with E-state index in [1.165, 1.54) is 12.1 Å². The molecule has 1 saturated heterocycles. The summed E-state index contributed by atoms with van der Waals surface area (Å²) >= 11 is 5.98. The van der Waals surface area contributed by atoms with Gasteiger partial charge in [-0.05, 0) is 54.1 Å². The highest BCUT2D eigenvalue weighted by molar-refractivity contribution is 7.92. The molecule has 1 aliphatic heterocycles. The van der Waals surface area contributed by atoms with Crippen LogP contribution in [0.3, 0.4) is 0 Å². The van der Waals surface area contributed by atoms with Crippen LogP contribution in [0.5, 0.6) is 0 Å². The number of amides is 1. The van der Waals surface area contributed by atoms with Gasteiger partial charge in [0.25, 0.3) is 10.0 Å². The largest absolute Gasteiger partial charge is 0.378 e. The number of rotatable bonds is 8. The van der Waals surface area contributed by atoms with Crippen LogP contribution in [0, 0.1) is 0 Å². The summed E-state index contributed by atoms with van der Waals surface area (Å²) in [5.74, 6) is -0.410. The maximum Gasteiger partial charge on any atom is 0.264 e. The Morgan fingerprint density at radius 1 is 0.941 bits per heavy atom. The van der Waals surface area contributed by atoms with Gasteiger partial charge in [-0.3, -0.25) is 9.10 Å². The predicted octanol–water partition coefficient (Wildman–Crippen LogP) is 3.69. The summed E-state index contributed by atoms with van der Waals surface area (Å²) in [4.78, 5) is 15.2. The lowest BCUT2D eigenvalue weighted by Gasteiger charge is -2.29. The highest BCUT2D eigenvalue weighted by Crippen LogP contribution is 2.25. The van der Waals surface area contributed by atoms with Gasteiger partial charge < -0.3 is 15.0 Å². The first-order valence-corrected chi connectivity index (χ1v) is 12.8. The Bertz CT molecular complexity index is 1200. The molecule has 3 aromatic rings. The van der Waals surface area contributed by atoms with Crippen LogP contribution in [-0.2, 0) is 26.1 Å². The number of ether oxygens (including phenoxy) is 1. The van der Waals surface area contributed by atoms with Crippen molar-refractivity contribution in [1.82, 2.24) is 5.32 Å². The molecule has 9 heteroatoms. The van der Waals surface area contributed by atoms with Gasteiger partial charge in [0.05, 0.1) is 23.8 Å². The van der Waals surface area contributed by atoms with Crippen molar-refractivity contribution in [2.24, 2.45) is 0 Å². The molecule has 0 unspecified atom stereocenters. The lowest BCUT2D eigenvalue weighted by molar-refractivity contribution is -0.119. The number of hydrogen-bond donors (Lipinski definition) is 1. The van der Waals surface area contributed by atoms with Crippen LogP contribution >= 0.6 is 11.6 Å². The van der Waals surface area contributed by atoms with E-state index in [0.717, 1.165) is 28.6 Å². The number of hydrogen-bond acceptors (Lipinski definition) is 5. The summed E-state index contributed by atoms with van der Waals surface area (Å²) in [6.45, 7) is 3.08. The lowest BCUT2D eigenvalue weighted by Crippen LogP contribution is -2.40. The van der Waals surface area contributed by atoms with Crippen molar-refractivity contribution in [1.29, 1.82) is 0 Å². The van der Waals surface area contributed by atoms with Crippen molar-refractivity contribution in [2.45, 2.75) is 11.4 Å². The number of morpholine rings is 1. The number of benzene rings is 3. The van der Waals surface area contributed by atoms with Gasteiger partial charge in [0.2, 0.25) is 5.91 Å². The predicted molar refractivity (Wildman–Crippen MR) is 134 cm³/mol. The average Bonchev–Trinajstić information content (AvgIpc) is 2.88. The average molecular weight is 500 g/mol. The van der Waals surface area contributed by atoms with Crippen LogP contribution in [0.2, 0.25) is 5.02 Å². The molecule has 0 saturated carbocycles. The van der Waals surface area contributed by atoms with Gasteiger partial charge in [-0.1, -0.05) is 41.9 Å². The summed E-state index contributed by atoms with van der Waals surface area (Å²) in [6, 6.07) is 22.4. The van der Waals surface area contributed by atoms with Gasteiger partial charge in [-0.25, -0.2) is 8.42 Å². The molecule has 0 bridgehead atoms. The van der Waals surface area contributed by atoms with Gasteiger partial charge in [0.1, 0.15) is 6.54 Å². The molecule has 0 atom stereocenters. The summed E-state index contributed by atoms with van der Waals surface area (Å²) in [5, 5.41) is 3.31. The monoisotopic (exact) mass is 499 g/mol. The molecule has 0 aromatic heterocycles. The normalized spacial score (nSPS) is 14.0. The maximum atomic E-state index is 13.3. The fourth-order valence-corrected chi connectivity index (χ4v) is 5.24. The standard InChI is InChI=1S/C25H26ClN3O4S/c26-21-8-12-23(13-9-21)29(34(31,32)24-4-2-1-3-5-24)19-25(30)27-18-20-6-10-22(11-7-20)28-14-16-33-17-15-28/h1-13H,14-19H2,(H,27,30). The van der Waals surface area contributed by atoms with Crippen LogP contribution in [0.25, 0.3) is 0 Å². The van der Waals surface area contributed by atoms with Crippen molar-refractivity contribution < 1.29 is 17.9 Å². The number of anilines is 2. The fraction of sp³-hybridized carbons (Fsp3) is 0.240. The third-order valence-electron chi connectivity index (χ3n) is 5.54. The molecule has 34 heavy (non-hydrogen) atoms. The molecule has 3 aromatic carbocycles. The van der Waals surface area contributed by atoms with Gasteiger partial charge in [0.15, 0.2) is 0 Å². The Morgan fingerprint density at radius 3 is 2.24 bits per heavy atom. The molecule has 1 amide bonds. The van der Waals surface area contributed by atoms with Gasteiger partial charge in [-0.2, -0.15) is 0 Å². The first-order valence-electron chi connectivity index (χ1n) is 11.0. The van der Waals surface area contributed by atoms with Gasteiger partial charge in [0, 0.05) is 30.3 Å².